The molecule has 3 rings (SSSR count). The van der Waals surface area contributed by atoms with Crippen molar-refractivity contribution >= 4 is 5.91 Å². The van der Waals surface area contributed by atoms with Gasteiger partial charge in [0.2, 0.25) is 5.91 Å². The topological polar surface area (TPSA) is 54.0 Å². The number of halogens is 3. The Bertz CT molecular complexity index is 620. The van der Waals surface area contributed by atoms with E-state index in [9.17, 15) is 18.0 Å². The molecule has 1 saturated heterocycles. The molecule has 7 heteroatoms. The quantitative estimate of drug-likeness (QED) is 0.865. The van der Waals surface area contributed by atoms with Gasteiger partial charge in [0.1, 0.15) is 0 Å². The maximum atomic E-state index is 13.0. The highest BCUT2D eigenvalue weighted by Gasteiger charge is 2.57. The van der Waals surface area contributed by atoms with E-state index in [0.29, 0.717) is 18.3 Å². The van der Waals surface area contributed by atoms with Crippen LogP contribution in [-0.4, -0.2) is 29.5 Å². The maximum absolute atomic E-state index is 13.0. The van der Waals surface area contributed by atoms with Gasteiger partial charge < -0.3 is 10.6 Å². The zero-order chi connectivity index (χ0) is 17.5. The molecule has 0 aromatic carbocycles. The number of nitrogens with zero attached hydrogens (tertiary/aromatic N) is 1. The van der Waals surface area contributed by atoms with Crippen LogP contribution in [0.4, 0.5) is 13.2 Å². The predicted molar refractivity (Wildman–Crippen MR) is 83.1 cm³/mol. The summed E-state index contributed by atoms with van der Waals surface area (Å²) >= 11 is 0. The fourth-order valence-electron chi connectivity index (χ4n) is 3.61. The minimum absolute atomic E-state index is 0.0218. The van der Waals surface area contributed by atoms with Gasteiger partial charge in [-0.1, -0.05) is 0 Å². The molecule has 2 heterocycles. The molecule has 3 atom stereocenters. The molecule has 0 bridgehead atoms. The van der Waals surface area contributed by atoms with E-state index in [2.05, 4.69) is 15.6 Å². The SMILES string of the molecule is CC(C)(CCc1ncccc1C(F)(F)F)NC(=O)[C@H]1[C@@H]2CNC[C@@H]21. The summed E-state index contributed by atoms with van der Waals surface area (Å²) in [5, 5.41) is 6.24. The number of pyridine rings is 1. The molecule has 132 valence electrons. The minimum Gasteiger partial charge on any atom is -0.351 e. The van der Waals surface area contributed by atoms with Gasteiger partial charge in [-0.2, -0.15) is 13.2 Å². The van der Waals surface area contributed by atoms with Crippen molar-refractivity contribution in [3.05, 3.63) is 29.6 Å². The lowest BCUT2D eigenvalue weighted by atomic mass is 9.95. The summed E-state index contributed by atoms with van der Waals surface area (Å²) in [6.45, 7) is 5.45. The first-order valence-corrected chi connectivity index (χ1v) is 8.23. The van der Waals surface area contributed by atoms with Gasteiger partial charge >= 0.3 is 6.18 Å². The lowest BCUT2D eigenvalue weighted by molar-refractivity contribution is -0.138. The second-order valence-electron chi connectivity index (χ2n) is 7.38. The molecule has 4 nitrogen and oxygen atoms in total. The van der Waals surface area contributed by atoms with Gasteiger partial charge in [0, 0.05) is 17.7 Å². The predicted octanol–water partition coefficient (Wildman–Crippen LogP) is 2.39. The van der Waals surface area contributed by atoms with Gasteiger partial charge in [0.05, 0.1) is 11.3 Å². The summed E-state index contributed by atoms with van der Waals surface area (Å²) in [6, 6.07) is 2.34. The van der Waals surface area contributed by atoms with Crippen LogP contribution in [0.2, 0.25) is 0 Å². The molecule has 24 heavy (non-hydrogen) atoms. The largest absolute Gasteiger partial charge is 0.418 e. The monoisotopic (exact) mass is 341 g/mol. The lowest BCUT2D eigenvalue weighted by Crippen LogP contribution is -2.45. The Kier molecular flexibility index (Phi) is 4.32. The molecule has 1 amide bonds. The first kappa shape index (κ1) is 17.2. The Morgan fingerprint density at radius 3 is 2.62 bits per heavy atom. The Morgan fingerprint density at radius 2 is 2.00 bits per heavy atom. The van der Waals surface area contributed by atoms with Crippen molar-refractivity contribution in [2.75, 3.05) is 13.1 Å². The molecule has 1 aromatic heterocycles. The van der Waals surface area contributed by atoms with Crippen LogP contribution in [0.1, 0.15) is 31.5 Å². The van der Waals surface area contributed by atoms with E-state index in [0.717, 1.165) is 19.2 Å². The van der Waals surface area contributed by atoms with Crippen LogP contribution < -0.4 is 10.6 Å². The van der Waals surface area contributed by atoms with Gasteiger partial charge in [0.25, 0.3) is 0 Å². The summed E-state index contributed by atoms with van der Waals surface area (Å²) in [4.78, 5) is 16.2. The number of hydrogen-bond acceptors (Lipinski definition) is 3. The van der Waals surface area contributed by atoms with Crippen molar-refractivity contribution < 1.29 is 18.0 Å². The van der Waals surface area contributed by atoms with E-state index in [4.69, 9.17) is 0 Å². The van der Waals surface area contributed by atoms with Crippen LogP contribution >= 0.6 is 0 Å². The van der Waals surface area contributed by atoms with Crippen LogP contribution in [0.5, 0.6) is 0 Å². The van der Waals surface area contributed by atoms with Crippen molar-refractivity contribution in [1.29, 1.82) is 0 Å². The van der Waals surface area contributed by atoms with E-state index in [-0.39, 0.29) is 23.9 Å². The van der Waals surface area contributed by atoms with E-state index >= 15 is 0 Å². The fourth-order valence-corrected chi connectivity index (χ4v) is 3.61. The third-order valence-corrected chi connectivity index (χ3v) is 5.04. The number of aryl methyl sites for hydroxylation is 1. The number of carbonyl (C=O) groups excluding carboxylic acids is 1. The average molecular weight is 341 g/mol. The summed E-state index contributed by atoms with van der Waals surface area (Å²) < 4.78 is 39.0. The van der Waals surface area contributed by atoms with E-state index in [1.54, 1.807) is 0 Å². The minimum atomic E-state index is -4.41. The van der Waals surface area contributed by atoms with Crippen LogP contribution in [0, 0.1) is 17.8 Å². The average Bonchev–Trinajstić information content (AvgIpc) is 2.98. The number of alkyl halides is 3. The van der Waals surface area contributed by atoms with E-state index in [1.165, 1.54) is 12.3 Å². The molecular formula is C17H22F3N3O. The lowest BCUT2D eigenvalue weighted by Gasteiger charge is -2.27. The Labute approximate surface area is 139 Å². The first-order valence-electron chi connectivity index (χ1n) is 8.23. The van der Waals surface area contributed by atoms with Crippen molar-refractivity contribution in [3.8, 4) is 0 Å². The molecule has 2 N–H and O–H groups in total. The normalized spacial score (nSPS) is 26.1. The Hall–Kier alpha value is -1.63. The first-order chi connectivity index (χ1) is 11.2. The number of carbonyl (C=O) groups is 1. The number of fused-ring (bicyclic) bond motifs is 1. The zero-order valence-corrected chi connectivity index (χ0v) is 13.8. The highest BCUT2D eigenvalue weighted by Crippen LogP contribution is 2.48. The number of amides is 1. The summed E-state index contributed by atoms with van der Waals surface area (Å²) in [7, 11) is 0. The molecule has 1 aromatic rings. The number of nitrogens with one attached hydrogen (secondary N) is 2. The molecule has 1 aliphatic carbocycles. The standard InChI is InChI=1S/C17H22F3N3O/c1-16(2,23-15(24)14-10-8-21-9-11(10)14)6-5-13-12(17(18,19)20)4-3-7-22-13/h3-4,7,10-11,14,21H,5-6,8-9H2,1-2H3,(H,23,24)/t10-,11+,14+. The van der Waals surface area contributed by atoms with Crippen molar-refractivity contribution in [2.45, 2.75) is 38.4 Å². The highest BCUT2D eigenvalue weighted by atomic mass is 19.4. The Morgan fingerprint density at radius 1 is 1.33 bits per heavy atom. The second kappa shape index (κ2) is 6.02. The number of piperidine rings is 1. The number of rotatable bonds is 5. The van der Waals surface area contributed by atoms with E-state index < -0.39 is 17.3 Å². The highest BCUT2D eigenvalue weighted by molar-refractivity contribution is 5.83. The fraction of sp³-hybridized carbons (Fsp3) is 0.647. The van der Waals surface area contributed by atoms with Crippen molar-refractivity contribution in [3.63, 3.8) is 0 Å². The number of hydrogen-bond donors (Lipinski definition) is 2. The van der Waals surface area contributed by atoms with Gasteiger partial charge in [-0.3, -0.25) is 9.78 Å². The summed E-state index contributed by atoms with van der Waals surface area (Å²) in [5.74, 6) is 0.932. The van der Waals surface area contributed by atoms with Gasteiger partial charge in [0.15, 0.2) is 0 Å². The van der Waals surface area contributed by atoms with Gasteiger partial charge in [-0.15, -0.1) is 0 Å². The molecule has 1 saturated carbocycles. The Balaban J connectivity index is 1.58. The molecule has 2 aliphatic rings. The molecule has 0 radical (unpaired) electrons. The smallest absolute Gasteiger partial charge is 0.351 e. The maximum Gasteiger partial charge on any atom is 0.418 e. The van der Waals surface area contributed by atoms with Gasteiger partial charge in [-0.05, 0) is 63.7 Å². The van der Waals surface area contributed by atoms with Crippen molar-refractivity contribution in [1.82, 2.24) is 15.6 Å². The molecule has 0 unspecified atom stereocenters. The van der Waals surface area contributed by atoms with Crippen LogP contribution in [-0.2, 0) is 17.4 Å². The van der Waals surface area contributed by atoms with Crippen molar-refractivity contribution in [2.24, 2.45) is 17.8 Å². The van der Waals surface area contributed by atoms with Crippen LogP contribution in [0.25, 0.3) is 0 Å². The molecule has 1 aliphatic heterocycles. The molecule has 2 fully saturated rings. The summed E-state index contributed by atoms with van der Waals surface area (Å²) in [5.41, 5.74) is -1.24. The molecular weight excluding hydrogens is 319 g/mol. The third-order valence-electron chi connectivity index (χ3n) is 5.04. The second-order valence-corrected chi connectivity index (χ2v) is 7.38. The van der Waals surface area contributed by atoms with Crippen LogP contribution in [0.15, 0.2) is 18.3 Å². The third kappa shape index (κ3) is 3.55. The number of aromatic nitrogens is 1. The molecule has 0 spiro atoms. The zero-order valence-electron chi connectivity index (χ0n) is 13.8. The van der Waals surface area contributed by atoms with E-state index in [1.807, 2.05) is 13.8 Å². The van der Waals surface area contributed by atoms with Crippen LogP contribution in [0.3, 0.4) is 0 Å². The summed E-state index contributed by atoms with van der Waals surface area (Å²) in [6.07, 6.45) is -2.47. The van der Waals surface area contributed by atoms with Gasteiger partial charge in [-0.25, -0.2) is 0 Å².